The maximum Gasteiger partial charge on any atom is 0.268 e. The molecule has 0 aliphatic heterocycles. The van der Waals surface area contributed by atoms with Crippen LogP contribution in [-0.2, 0) is 19.1 Å². The second kappa shape index (κ2) is 13.7. The van der Waals surface area contributed by atoms with Gasteiger partial charge in [-0.1, -0.05) is 76.9 Å². The van der Waals surface area contributed by atoms with Crippen LogP contribution in [0.15, 0.2) is 110 Å². The Hall–Kier alpha value is -5.23. The van der Waals surface area contributed by atoms with E-state index in [9.17, 15) is 0 Å². The Labute approximate surface area is 298 Å². The number of benzene rings is 3. The largest absolute Gasteiger partial charge is 0.456 e. The first-order valence-electron chi connectivity index (χ1n) is 19.8. The van der Waals surface area contributed by atoms with E-state index in [-0.39, 0.29) is 17.8 Å². The van der Waals surface area contributed by atoms with Crippen LogP contribution in [-0.4, -0.2) is 19.1 Å². The number of hydrogen-bond donors (Lipinski definition) is 0. The van der Waals surface area contributed by atoms with Gasteiger partial charge in [0.2, 0.25) is 0 Å². The van der Waals surface area contributed by atoms with Crippen molar-refractivity contribution in [3.63, 3.8) is 0 Å². The van der Waals surface area contributed by atoms with Crippen molar-refractivity contribution in [2.24, 2.45) is 17.8 Å². The topological polar surface area (TPSA) is 48.8 Å². The van der Waals surface area contributed by atoms with Gasteiger partial charge < -0.3 is 4.74 Å². The highest BCUT2D eigenvalue weighted by atomic mass is 16.5. The van der Waals surface area contributed by atoms with Crippen molar-refractivity contribution in [1.29, 1.82) is 0 Å². The Bertz CT molecular complexity index is 2480. The molecule has 4 aromatic heterocycles. The van der Waals surface area contributed by atoms with E-state index >= 15 is 0 Å². The van der Waals surface area contributed by atoms with Crippen LogP contribution in [0.5, 0.6) is 11.5 Å². The van der Waals surface area contributed by atoms with Gasteiger partial charge in [0, 0.05) is 49.9 Å². The molecule has 6 heteroatoms. The first-order chi connectivity index (χ1) is 26.0. The number of rotatable bonds is 11. The molecule has 0 radical (unpaired) electrons. The van der Waals surface area contributed by atoms with Crippen LogP contribution >= 0.6 is 0 Å². The van der Waals surface area contributed by atoms with E-state index < -0.39 is 19.1 Å². The number of nitrogens with zero attached hydrogens (tertiary/aromatic N) is 5. The Kier molecular flexibility index (Phi) is 7.20. The number of ether oxygens (including phenoxy) is 1. The molecular formula is C43H45N5O. The van der Waals surface area contributed by atoms with Gasteiger partial charge >= 0.3 is 0 Å². The Balaban J connectivity index is 1.24. The highest BCUT2D eigenvalue weighted by Crippen LogP contribution is 2.35. The third-order valence-corrected chi connectivity index (χ3v) is 7.97. The fourth-order valence-corrected chi connectivity index (χ4v) is 6.14. The van der Waals surface area contributed by atoms with Crippen molar-refractivity contribution in [2.45, 2.75) is 60.7 Å². The molecule has 0 saturated carbocycles. The van der Waals surface area contributed by atoms with E-state index in [4.69, 9.17) is 13.0 Å². The molecule has 49 heavy (non-hydrogen) atoms. The summed E-state index contributed by atoms with van der Waals surface area (Å²) in [5, 5.41) is 2.05. The summed E-state index contributed by atoms with van der Waals surface area (Å²) in [6.45, 7) is 11.0. The highest BCUT2D eigenvalue weighted by molar-refractivity contribution is 6.09. The number of imidazole rings is 1. The fourth-order valence-electron chi connectivity index (χ4n) is 6.14. The Morgan fingerprint density at radius 3 is 2.20 bits per heavy atom. The lowest BCUT2D eigenvalue weighted by Crippen LogP contribution is -2.28. The molecule has 0 aliphatic rings. The van der Waals surface area contributed by atoms with Gasteiger partial charge in [-0.05, 0) is 91.0 Å². The summed E-state index contributed by atoms with van der Waals surface area (Å²) in [7, 11) is 0. The maximum atomic E-state index is 8.80. The maximum absolute atomic E-state index is 8.80. The van der Waals surface area contributed by atoms with E-state index in [1.54, 1.807) is 58.2 Å². The van der Waals surface area contributed by atoms with Crippen LogP contribution in [0.25, 0.3) is 39.0 Å². The summed E-state index contributed by atoms with van der Waals surface area (Å²) in [6, 6.07) is 24.6. The van der Waals surface area contributed by atoms with Gasteiger partial charge in [0.1, 0.15) is 17.3 Å². The van der Waals surface area contributed by atoms with Crippen molar-refractivity contribution in [1.82, 2.24) is 19.1 Å². The second-order valence-corrected chi connectivity index (χ2v) is 13.2. The molecule has 248 valence electrons. The van der Waals surface area contributed by atoms with Gasteiger partial charge in [-0.15, -0.1) is 0 Å². The van der Waals surface area contributed by atoms with E-state index in [2.05, 4.69) is 22.4 Å². The van der Waals surface area contributed by atoms with Crippen LogP contribution in [0.3, 0.4) is 0 Å². The van der Waals surface area contributed by atoms with Gasteiger partial charge in [0.15, 0.2) is 0 Å². The zero-order valence-electron chi connectivity index (χ0n) is 34.8. The van der Waals surface area contributed by atoms with Gasteiger partial charge in [0.05, 0.1) is 28.6 Å². The summed E-state index contributed by atoms with van der Waals surface area (Å²) in [5.41, 5.74) is 4.49. The van der Waals surface area contributed by atoms with E-state index in [0.29, 0.717) is 45.4 Å². The van der Waals surface area contributed by atoms with Crippen LogP contribution in [0.1, 0.15) is 66.5 Å². The molecule has 0 unspecified atom stereocenters. The molecule has 0 fully saturated rings. The van der Waals surface area contributed by atoms with E-state index in [0.717, 1.165) is 21.8 Å². The lowest BCUT2D eigenvalue weighted by atomic mass is 9.96. The van der Waals surface area contributed by atoms with Crippen molar-refractivity contribution < 1.29 is 17.5 Å². The average molecular weight is 654 g/mol. The summed E-state index contributed by atoms with van der Waals surface area (Å²) in [4.78, 5) is 9.14. The molecule has 0 saturated heterocycles. The van der Waals surface area contributed by atoms with Crippen molar-refractivity contribution >= 4 is 21.8 Å². The predicted molar refractivity (Wildman–Crippen MR) is 198 cm³/mol. The summed E-state index contributed by atoms with van der Waals surface area (Å²) >= 11 is 0. The van der Waals surface area contributed by atoms with E-state index in [1.807, 2.05) is 101 Å². The molecule has 0 bridgehead atoms. The normalized spacial score (nSPS) is 14.6. The molecule has 0 aliphatic carbocycles. The minimum atomic E-state index is -1.67. The SMILES string of the molecule is [2H]C([2H])(c1cc(-[n+]2[c-]n(-c3cncc(Oc4ccc5c6ccccc6n(-c6cc(C([2H])([2H])C(C)C)ccn6)c5c4)c3)cc2)cc(C([2H])([2H])C(C)C)c1)C(C)C. The van der Waals surface area contributed by atoms with E-state index in [1.165, 1.54) is 0 Å². The smallest absolute Gasteiger partial charge is 0.268 e. The van der Waals surface area contributed by atoms with Crippen LogP contribution in [0, 0.1) is 24.1 Å². The Morgan fingerprint density at radius 2 is 1.45 bits per heavy atom. The number of pyridine rings is 2. The zero-order chi connectivity index (χ0) is 39.4. The molecule has 0 spiro atoms. The first kappa shape index (κ1) is 25.7. The number of hydrogen-bond acceptors (Lipinski definition) is 3. The fraction of sp³-hybridized carbons (Fsp3) is 0.279. The lowest BCUT2D eigenvalue weighted by Gasteiger charge is -2.13. The molecule has 7 aromatic rings. The lowest BCUT2D eigenvalue weighted by molar-refractivity contribution is -0.599. The second-order valence-electron chi connectivity index (χ2n) is 13.2. The third kappa shape index (κ3) is 7.14. The van der Waals surface area contributed by atoms with Crippen molar-refractivity contribution in [3.8, 4) is 28.7 Å². The Morgan fingerprint density at radius 1 is 0.735 bits per heavy atom. The summed E-state index contributed by atoms with van der Waals surface area (Å²) in [6.07, 6.45) is 7.04. The molecule has 0 N–H and O–H groups in total. The molecule has 3 aromatic carbocycles. The van der Waals surface area contributed by atoms with Gasteiger partial charge in [0.25, 0.3) is 6.33 Å². The van der Waals surface area contributed by atoms with Gasteiger partial charge in [-0.25, -0.2) is 4.98 Å². The van der Waals surface area contributed by atoms with Crippen molar-refractivity contribution in [3.05, 3.63) is 133 Å². The molecule has 4 heterocycles. The van der Waals surface area contributed by atoms with Crippen molar-refractivity contribution in [2.75, 3.05) is 0 Å². The molecular weight excluding hydrogens is 603 g/mol. The molecule has 0 atom stereocenters. The number of aromatic nitrogens is 5. The predicted octanol–water partition coefficient (Wildman–Crippen LogP) is 9.83. The van der Waals surface area contributed by atoms with Gasteiger partial charge in [-0.2, -0.15) is 0 Å². The summed E-state index contributed by atoms with van der Waals surface area (Å²) in [5.74, 6) is 0.841. The number of para-hydroxylation sites is 1. The van der Waals surface area contributed by atoms with Crippen LogP contribution in [0.2, 0.25) is 0 Å². The zero-order valence-corrected chi connectivity index (χ0v) is 28.8. The first-order valence-corrected chi connectivity index (χ1v) is 16.8. The molecule has 6 nitrogen and oxygen atoms in total. The monoisotopic (exact) mass is 653 g/mol. The van der Waals surface area contributed by atoms with Gasteiger partial charge in [-0.3, -0.25) is 18.7 Å². The molecule has 0 amide bonds. The van der Waals surface area contributed by atoms with Crippen LogP contribution in [0.4, 0.5) is 0 Å². The molecule has 7 rings (SSSR count). The number of fused-ring (bicyclic) bond motifs is 3. The average Bonchev–Trinajstić information content (AvgIpc) is 3.78. The summed E-state index contributed by atoms with van der Waals surface area (Å²) < 4.78 is 64.6. The minimum absolute atomic E-state index is 0.219. The van der Waals surface area contributed by atoms with Crippen LogP contribution < -0.4 is 9.30 Å². The standard InChI is InChI=1S/C43H45N5O/c1-29(2)17-32-13-14-45-43(23-32)48-41-10-8-7-9-39(41)40-12-11-37(25-42(40)48)49-38-24-36(26-44-27-38)47-16-15-46(28-47)35-21-33(18-30(3)4)20-34(22-35)19-31(5)6/h7-16,20-27,29-31H,17-19H2,1-6H3/i17D2,18D2,19D2. The third-order valence-electron chi connectivity index (χ3n) is 7.97. The highest BCUT2D eigenvalue weighted by Gasteiger charge is 2.15. The minimum Gasteiger partial charge on any atom is -0.456 e. The quantitative estimate of drug-likeness (QED) is 0.103.